The van der Waals surface area contributed by atoms with Crippen LogP contribution in [-0.2, 0) is 14.6 Å². The molecule has 2 heterocycles. The number of carbonyl (C=O) groups is 1. The van der Waals surface area contributed by atoms with E-state index in [-0.39, 0.29) is 47.3 Å². The maximum atomic E-state index is 12.3. The van der Waals surface area contributed by atoms with E-state index in [4.69, 9.17) is 0 Å². The molecule has 1 unspecified atom stereocenters. The van der Waals surface area contributed by atoms with Crippen molar-refractivity contribution >= 4 is 45.7 Å². The van der Waals surface area contributed by atoms with Crippen LogP contribution in [-0.4, -0.2) is 80.4 Å². The van der Waals surface area contributed by atoms with Gasteiger partial charge in [0.05, 0.1) is 18.1 Å². The Hall–Kier alpha value is -0.580. The Morgan fingerprint density at radius 2 is 2.04 bits per heavy atom. The lowest BCUT2D eigenvalue weighted by Gasteiger charge is -2.36. The first-order valence-corrected chi connectivity index (χ1v) is 10.8. The van der Waals surface area contributed by atoms with Crippen molar-refractivity contribution in [1.82, 2.24) is 15.1 Å². The van der Waals surface area contributed by atoms with E-state index in [0.29, 0.717) is 25.6 Å². The molecule has 2 aliphatic heterocycles. The molecule has 0 aromatic rings. The van der Waals surface area contributed by atoms with Gasteiger partial charge in [0.25, 0.3) is 0 Å². The van der Waals surface area contributed by atoms with Crippen LogP contribution in [0.2, 0.25) is 0 Å². The van der Waals surface area contributed by atoms with Gasteiger partial charge in [-0.2, -0.15) is 0 Å². The van der Waals surface area contributed by atoms with Gasteiger partial charge in [-0.15, -0.1) is 24.0 Å². The predicted octanol–water partition coefficient (Wildman–Crippen LogP) is 0.701. The molecule has 1 saturated carbocycles. The molecule has 25 heavy (non-hydrogen) atoms. The molecule has 3 aliphatic rings. The fraction of sp³-hybridized carbons (Fsp3) is 0.875. The van der Waals surface area contributed by atoms with E-state index < -0.39 is 9.84 Å². The van der Waals surface area contributed by atoms with Gasteiger partial charge in [0, 0.05) is 32.2 Å². The summed E-state index contributed by atoms with van der Waals surface area (Å²) in [5.74, 6) is 1.56. The maximum Gasteiger partial charge on any atom is 0.242 e. The molecule has 144 valence electrons. The van der Waals surface area contributed by atoms with Crippen molar-refractivity contribution in [2.24, 2.45) is 10.9 Å². The average molecular weight is 484 g/mol. The topological polar surface area (TPSA) is 82.1 Å². The molecule has 0 aromatic carbocycles. The van der Waals surface area contributed by atoms with Crippen molar-refractivity contribution in [3.8, 4) is 0 Å². The number of guanidine groups is 1. The molecule has 1 amide bonds. The first-order valence-electron chi connectivity index (χ1n) is 9.01. The smallest absolute Gasteiger partial charge is 0.242 e. The molecule has 0 radical (unpaired) electrons. The van der Waals surface area contributed by atoms with E-state index in [1.807, 2.05) is 9.80 Å². The lowest BCUT2D eigenvalue weighted by molar-refractivity contribution is -0.135. The van der Waals surface area contributed by atoms with Crippen LogP contribution in [0.5, 0.6) is 0 Å². The van der Waals surface area contributed by atoms with Gasteiger partial charge in [0.2, 0.25) is 5.91 Å². The highest BCUT2D eigenvalue weighted by Crippen LogP contribution is 2.28. The first-order chi connectivity index (χ1) is 11.5. The van der Waals surface area contributed by atoms with Gasteiger partial charge in [0.1, 0.15) is 0 Å². The van der Waals surface area contributed by atoms with Crippen LogP contribution >= 0.6 is 24.0 Å². The SMILES string of the molecule is CCCNC(=NCC1CCS(=O)(=O)C1)N1CCN(C2CC2)C(=O)C1.I. The molecule has 7 nitrogen and oxygen atoms in total. The zero-order valence-corrected chi connectivity index (χ0v) is 18.0. The van der Waals surface area contributed by atoms with Crippen molar-refractivity contribution in [2.75, 3.05) is 44.2 Å². The van der Waals surface area contributed by atoms with Crippen molar-refractivity contribution in [2.45, 2.75) is 38.6 Å². The van der Waals surface area contributed by atoms with Crippen LogP contribution in [0.4, 0.5) is 0 Å². The summed E-state index contributed by atoms with van der Waals surface area (Å²) < 4.78 is 23.2. The Bertz CT molecular complexity index is 607. The van der Waals surface area contributed by atoms with Crippen molar-refractivity contribution in [3.05, 3.63) is 0 Å². The highest BCUT2D eigenvalue weighted by Gasteiger charge is 2.36. The lowest BCUT2D eigenvalue weighted by atomic mass is 10.1. The number of amides is 1. The number of aliphatic imine (C=N–C) groups is 1. The van der Waals surface area contributed by atoms with Crippen molar-refractivity contribution < 1.29 is 13.2 Å². The van der Waals surface area contributed by atoms with Crippen LogP contribution in [0.25, 0.3) is 0 Å². The van der Waals surface area contributed by atoms with E-state index in [1.165, 1.54) is 0 Å². The van der Waals surface area contributed by atoms with Crippen LogP contribution in [0.3, 0.4) is 0 Å². The molecule has 9 heteroatoms. The summed E-state index contributed by atoms with van der Waals surface area (Å²) >= 11 is 0. The third kappa shape index (κ3) is 5.70. The number of sulfone groups is 1. The van der Waals surface area contributed by atoms with Gasteiger partial charge < -0.3 is 15.1 Å². The fourth-order valence-electron chi connectivity index (χ4n) is 3.38. The first kappa shape index (κ1) is 20.7. The van der Waals surface area contributed by atoms with Crippen LogP contribution in [0.15, 0.2) is 4.99 Å². The number of nitrogens with zero attached hydrogens (tertiary/aromatic N) is 3. The van der Waals surface area contributed by atoms with Crippen LogP contribution < -0.4 is 5.32 Å². The summed E-state index contributed by atoms with van der Waals surface area (Å²) in [6.07, 6.45) is 3.95. The van der Waals surface area contributed by atoms with E-state index >= 15 is 0 Å². The van der Waals surface area contributed by atoms with Gasteiger partial charge in [-0.1, -0.05) is 6.92 Å². The predicted molar refractivity (Wildman–Crippen MR) is 109 cm³/mol. The van der Waals surface area contributed by atoms with Gasteiger partial charge >= 0.3 is 0 Å². The number of halogens is 1. The quantitative estimate of drug-likeness (QED) is 0.353. The molecule has 1 N–H and O–H groups in total. The second-order valence-electron chi connectivity index (χ2n) is 7.10. The fourth-order valence-corrected chi connectivity index (χ4v) is 5.23. The zero-order valence-electron chi connectivity index (χ0n) is 14.8. The number of piperazine rings is 1. The van der Waals surface area contributed by atoms with E-state index in [2.05, 4.69) is 17.2 Å². The van der Waals surface area contributed by atoms with E-state index in [0.717, 1.165) is 44.9 Å². The van der Waals surface area contributed by atoms with Gasteiger partial charge in [0.15, 0.2) is 15.8 Å². The highest BCUT2D eigenvalue weighted by molar-refractivity contribution is 14.0. The minimum absolute atomic E-state index is 0. The maximum absolute atomic E-state index is 12.3. The van der Waals surface area contributed by atoms with E-state index in [9.17, 15) is 13.2 Å². The summed E-state index contributed by atoms with van der Waals surface area (Å²) in [5, 5.41) is 3.32. The molecule has 3 fully saturated rings. The average Bonchev–Trinajstić information content (AvgIpc) is 3.31. The number of rotatable bonds is 5. The summed E-state index contributed by atoms with van der Waals surface area (Å²) in [7, 11) is -2.87. The molecule has 3 rings (SSSR count). The molecule has 0 bridgehead atoms. The Balaban J connectivity index is 0.00000225. The lowest BCUT2D eigenvalue weighted by Crippen LogP contribution is -2.55. The molecule has 0 spiro atoms. The largest absolute Gasteiger partial charge is 0.356 e. The molecule has 1 atom stereocenters. The summed E-state index contributed by atoms with van der Waals surface area (Å²) in [6, 6.07) is 0.465. The van der Waals surface area contributed by atoms with Gasteiger partial charge in [-0.25, -0.2) is 8.42 Å². The summed E-state index contributed by atoms with van der Waals surface area (Å²) in [4.78, 5) is 21.0. The molecular weight excluding hydrogens is 455 g/mol. The molecule has 2 saturated heterocycles. The third-order valence-corrected chi connectivity index (χ3v) is 6.74. The van der Waals surface area contributed by atoms with Crippen molar-refractivity contribution in [1.29, 1.82) is 0 Å². The van der Waals surface area contributed by atoms with Crippen molar-refractivity contribution in [3.63, 3.8) is 0 Å². The molecule has 1 aliphatic carbocycles. The highest BCUT2D eigenvalue weighted by atomic mass is 127. The minimum atomic E-state index is -2.87. The summed E-state index contributed by atoms with van der Waals surface area (Å²) in [5.41, 5.74) is 0. The Morgan fingerprint density at radius 1 is 1.28 bits per heavy atom. The normalized spacial score (nSPS) is 26.5. The monoisotopic (exact) mass is 484 g/mol. The van der Waals surface area contributed by atoms with Crippen LogP contribution in [0, 0.1) is 5.92 Å². The Kier molecular flexibility index (Phi) is 7.36. The molecule has 0 aromatic heterocycles. The second kappa shape index (κ2) is 8.88. The minimum Gasteiger partial charge on any atom is -0.356 e. The molecular formula is C16H29IN4O3S. The Morgan fingerprint density at radius 3 is 2.60 bits per heavy atom. The number of nitrogens with one attached hydrogen (secondary N) is 1. The second-order valence-corrected chi connectivity index (χ2v) is 9.33. The van der Waals surface area contributed by atoms with Gasteiger partial charge in [-0.05, 0) is 31.6 Å². The summed E-state index contributed by atoms with van der Waals surface area (Å²) in [6.45, 7) is 5.33. The van der Waals surface area contributed by atoms with Crippen LogP contribution in [0.1, 0.15) is 32.6 Å². The standard InChI is InChI=1S/C16H28N4O3S.HI/c1-2-6-17-16(18-10-13-5-9-24(22,23)12-13)19-7-8-20(14-3-4-14)15(21)11-19;/h13-14H,2-12H2,1H3,(H,17,18);1H. The zero-order chi connectivity index (χ0) is 17.2. The number of hydrogen-bond donors (Lipinski definition) is 1. The number of hydrogen-bond acceptors (Lipinski definition) is 4. The Labute approximate surface area is 167 Å². The third-order valence-electron chi connectivity index (χ3n) is 4.90. The van der Waals surface area contributed by atoms with E-state index in [1.54, 1.807) is 0 Å². The van der Waals surface area contributed by atoms with Gasteiger partial charge in [-0.3, -0.25) is 9.79 Å². The number of carbonyl (C=O) groups excluding carboxylic acids is 1.